The molecule has 1 amide bonds. The molecule has 5 rings (SSSR count). The number of nitrogens with two attached hydrogens (primary N) is 1. The van der Waals surface area contributed by atoms with Crippen molar-refractivity contribution in [1.29, 1.82) is 5.41 Å². The van der Waals surface area contributed by atoms with Crippen LogP contribution < -0.4 is 20.7 Å². The summed E-state index contributed by atoms with van der Waals surface area (Å²) in [6, 6.07) is 25.8. The van der Waals surface area contributed by atoms with Crippen molar-refractivity contribution < 1.29 is 19.4 Å². The van der Waals surface area contributed by atoms with Gasteiger partial charge < -0.3 is 25.8 Å². The summed E-state index contributed by atoms with van der Waals surface area (Å²) in [4.78, 5) is 27.6. The van der Waals surface area contributed by atoms with Gasteiger partial charge in [0, 0.05) is 36.4 Å². The number of aromatic carboxylic acids is 1. The van der Waals surface area contributed by atoms with Gasteiger partial charge in [0.05, 0.1) is 12.7 Å². The molecule has 40 heavy (non-hydrogen) atoms. The normalized spacial score (nSPS) is 12.1. The monoisotopic (exact) mass is 534 g/mol. The van der Waals surface area contributed by atoms with Crippen LogP contribution in [0.1, 0.15) is 43.0 Å². The van der Waals surface area contributed by atoms with Gasteiger partial charge in [0.1, 0.15) is 11.6 Å². The van der Waals surface area contributed by atoms with E-state index >= 15 is 0 Å². The molecule has 0 spiro atoms. The van der Waals surface area contributed by atoms with Crippen molar-refractivity contribution >= 4 is 23.4 Å². The summed E-state index contributed by atoms with van der Waals surface area (Å²) >= 11 is 0. The number of fused-ring (bicyclic) bond motifs is 1. The van der Waals surface area contributed by atoms with Crippen molar-refractivity contribution in [2.45, 2.75) is 19.5 Å². The second-order valence-corrected chi connectivity index (χ2v) is 9.69. The number of nitrogens with zero attached hydrogens (tertiary/aromatic N) is 1. The SMILES string of the molecule is COc1ccc(-c2cc(C(=O)NCc3ccccc3)ccc2CN2CCc3cc(C(=N)N)ccc32)c(C(=O)O)c1. The Balaban J connectivity index is 1.52. The van der Waals surface area contributed by atoms with Gasteiger partial charge in [-0.1, -0.05) is 36.4 Å². The molecule has 0 fully saturated rings. The van der Waals surface area contributed by atoms with Crippen LogP contribution >= 0.6 is 0 Å². The number of hydrogen-bond acceptors (Lipinski definition) is 5. The zero-order valence-corrected chi connectivity index (χ0v) is 22.1. The highest BCUT2D eigenvalue weighted by molar-refractivity contribution is 6.00. The molecule has 0 bridgehead atoms. The van der Waals surface area contributed by atoms with Gasteiger partial charge in [-0.15, -0.1) is 0 Å². The maximum atomic E-state index is 13.1. The first kappa shape index (κ1) is 26.5. The van der Waals surface area contributed by atoms with E-state index in [1.165, 1.54) is 13.2 Å². The number of methoxy groups -OCH3 is 1. The van der Waals surface area contributed by atoms with Gasteiger partial charge in [0.15, 0.2) is 0 Å². The number of carboxylic acids is 1. The smallest absolute Gasteiger partial charge is 0.336 e. The lowest BCUT2D eigenvalue weighted by Crippen LogP contribution is -2.23. The number of rotatable bonds is 9. The first-order valence-corrected chi connectivity index (χ1v) is 12.9. The molecule has 8 nitrogen and oxygen atoms in total. The quantitative estimate of drug-likeness (QED) is 0.180. The highest BCUT2D eigenvalue weighted by Crippen LogP contribution is 2.35. The summed E-state index contributed by atoms with van der Waals surface area (Å²) in [6.45, 7) is 1.66. The van der Waals surface area contributed by atoms with E-state index in [9.17, 15) is 14.7 Å². The average molecular weight is 535 g/mol. The van der Waals surface area contributed by atoms with Crippen LogP contribution in [-0.2, 0) is 19.5 Å². The number of benzene rings is 4. The molecule has 0 unspecified atom stereocenters. The molecule has 1 heterocycles. The maximum Gasteiger partial charge on any atom is 0.336 e. The molecule has 0 saturated heterocycles. The predicted molar refractivity (Wildman–Crippen MR) is 155 cm³/mol. The molecular weight excluding hydrogens is 504 g/mol. The third-order valence-electron chi connectivity index (χ3n) is 7.16. The Morgan fingerprint density at radius 2 is 1.75 bits per heavy atom. The Kier molecular flexibility index (Phi) is 7.50. The van der Waals surface area contributed by atoms with Gasteiger partial charge in [0.25, 0.3) is 5.91 Å². The minimum atomic E-state index is -1.08. The highest BCUT2D eigenvalue weighted by Gasteiger charge is 2.23. The molecular formula is C32H30N4O4. The van der Waals surface area contributed by atoms with Gasteiger partial charge in [-0.2, -0.15) is 0 Å². The van der Waals surface area contributed by atoms with Crippen molar-refractivity contribution in [3.8, 4) is 16.9 Å². The maximum absolute atomic E-state index is 13.1. The van der Waals surface area contributed by atoms with Gasteiger partial charge in [-0.25, -0.2) is 4.79 Å². The number of carbonyl (C=O) groups is 2. The zero-order valence-electron chi connectivity index (χ0n) is 22.1. The molecule has 4 aromatic rings. The molecule has 202 valence electrons. The van der Waals surface area contributed by atoms with E-state index in [1.807, 2.05) is 54.6 Å². The first-order valence-electron chi connectivity index (χ1n) is 12.9. The zero-order chi connectivity index (χ0) is 28.2. The van der Waals surface area contributed by atoms with Crippen LogP contribution in [0.25, 0.3) is 11.1 Å². The van der Waals surface area contributed by atoms with Crippen LogP contribution in [0, 0.1) is 5.41 Å². The summed E-state index contributed by atoms with van der Waals surface area (Å²) in [6.07, 6.45) is 0.814. The number of ether oxygens (including phenoxy) is 1. The third-order valence-corrected chi connectivity index (χ3v) is 7.16. The van der Waals surface area contributed by atoms with Crippen LogP contribution in [0.4, 0.5) is 5.69 Å². The van der Waals surface area contributed by atoms with Crippen LogP contribution in [0.15, 0.2) is 84.9 Å². The van der Waals surface area contributed by atoms with Gasteiger partial charge in [-0.05, 0) is 82.8 Å². The number of nitrogen functional groups attached to an aromatic ring is 1. The largest absolute Gasteiger partial charge is 0.497 e. The topological polar surface area (TPSA) is 129 Å². The van der Waals surface area contributed by atoms with Gasteiger partial charge in [0.2, 0.25) is 0 Å². The standard InChI is InChI=1S/C32H30N4O4/c1-40-25-10-11-26(28(17-25)32(38)39)27-16-23(31(37)35-18-20-5-3-2-4-6-20)7-8-24(27)19-36-14-13-21-15-22(30(33)34)9-12-29(21)36/h2-12,15-17H,13-14,18-19H2,1H3,(H3,33,34)(H,35,37)(H,38,39). The highest BCUT2D eigenvalue weighted by atomic mass is 16.5. The van der Waals surface area contributed by atoms with Crippen LogP contribution in [0.2, 0.25) is 0 Å². The van der Waals surface area contributed by atoms with Crippen molar-refractivity contribution in [2.24, 2.45) is 5.73 Å². The first-order chi connectivity index (χ1) is 19.3. The van der Waals surface area contributed by atoms with Crippen LogP contribution in [-0.4, -0.2) is 36.5 Å². The summed E-state index contributed by atoms with van der Waals surface area (Å²) in [7, 11) is 1.49. The molecule has 0 aliphatic carbocycles. The summed E-state index contributed by atoms with van der Waals surface area (Å²) in [5.41, 5.74) is 12.1. The van der Waals surface area contributed by atoms with Crippen LogP contribution in [0.5, 0.6) is 5.75 Å². The molecule has 0 radical (unpaired) electrons. The Hall–Kier alpha value is -5.11. The minimum absolute atomic E-state index is 0.0328. The Bertz CT molecular complexity index is 1600. The second-order valence-electron chi connectivity index (χ2n) is 9.69. The predicted octanol–water partition coefficient (Wildman–Crippen LogP) is 4.84. The van der Waals surface area contributed by atoms with E-state index in [0.29, 0.717) is 41.1 Å². The molecule has 5 N–H and O–H groups in total. The molecule has 0 saturated carbocycles. The van der Waals surface area contributed by atoms with E-state index in [2.05, 4.69) is 10.2 Å². The molecule has 0 aromatic heterocycles. The van der Waals surface area contributed by atoms with Gasteiger partial charge >= 0.3 is 5.97 Å². The fraction of sp³-hybridized carbons (Fsp3) is 0.156. The van der Waals surface area contributed by atoms with Gasteiger partial charge in [-0.3, -0.25) is 10.2 Å². The number of carboxylic acid groups (broad SMARTS) is 1. The summed E-state index contributed by atoms with van der Waals surface area (Å²) in [5.74, 6) is -0.855. The lowest BCUT2D eigenvalue weighted by molar-refractivity contribution is 0.0697. The molecule has 1 aliphatic rings. The molecule has 0 atom stereocenters. The van der Waals surface area contributed by atoms with Crippen molar-refractivity contribution in [3.63, 3.8) is 0 Å². The van der Waals surface area contributed by atoms with E-state index < -0.39 is 5.97 Å². The van der Waals surface area contributed by atoms with Crippen molar-refractivity contribution in [2.75, 3.05) is 18.6 Å². The lowest BCUT2D eigenvalue weighted by Gasteiger charge is -2.23. The number of anilines is 1. The lowest BCUT2D eigenvalue weighted by atomic mass is 9.92. The van der Waals surface area contributed by atoms with Crippen molar-refractivity contribution in [1.82, 2.24) is 5.32 Å². The Morgan fingerprint density at radius 3 is 2.48 bits per heavy atom. The van der Waals surface area contributed by atoms with E-state index in [4.69, 9.17) is 15.9 Å². The molecule has 1 aliphatic heterocycles. The number of nitrogens with one attached hydrogen (secondary N) is 2. The number of amidine groups is 1. The third kappa shape index (κ3) is 5.51. The molecule has 8 heteroatoms. The van der Waals surface area contributed by atoms with E-state index in [-0.39, 0.29) is 17.3 Å². The fourth-order valence-corrected chi connectivity index (χ4v) is 5.06. The molecule has 4 aromatic carbocycles. The second kappa shape index (κ2) is 11.3. The number of amides is 1. The number of hydrogen-bond donors (Lipinski definition) is 4. The van der Waals surface area contributed by atoms with Crippen LogP contribution in [0.3, 0.4) is 0 Å². The van der Waals surface area contributed by atoms with E-state index in [1.54, 1.807) is 24.3 Å². The van der Waals surface area contributed by atoms with Crippen molar-refractivity contribution in [3.05, 3.63) is 118 Å². The van der Waals surface area contributed by atoms with E-state index in [0.717, 1.165) is 35.3 Å². The average Bonchev–Trinajstić information content (AvgIpc) is 3.38. The fourth-order valence-electron chi connectivity index (χ4n) is 5.06. The summed E-state index contributed by atoms with van der Waals surface area (Å²) in [5, 5.41) is 20.7. The minimum Gasteiger partial charge on any atom is -0.497 e. The Morgan fingerprint density at radius 1 is 0.975 bits per heavy atom. The Labute approximate surface area is 232 Å². The number of carbonyl (C=O) groups excluding carboxylic acids is 1. The summed E-state index contributed by atoms with van der Waals surface area (Å²) < 4.78 is 5.28.